The Bertz CT molecular complexity index is 954. The van der Waals surface area contributed by atoms with Crippen molar-refractivity contribution in [2.75, 3.05) is 25.1 Å². The SMILES string of the molecule is COC(=O)c1ccccc1S(=O)(=O)NC(=O)c1ccc(N2CCCC2)nn1. The standard InChI is InChI=1S/C17H18N4O5S/c1-26-17(23)12-6-2-3-7-14(12)27(24,25)20-16(22)13-8-9-15(19-18-13)21-10-4-5-11-21/h2-3,6-9H,4-5,10-11H2,1H3,(H,20,22). The molecule has 1 aromatic carbocycles. The number of ether oxygens (including phenoxy) is 1. The predicted octanol–water partition coefficient (Wildman–Crippen LogP) is 0.982. The van der Waals surface area contributed by atoms with Crippen molar-refractivity contribution >= 4 is 27.7 Å². The third-order valence-electron chi connectivity index (χ3n) is 4.12. The van der Waals surface area contributed by atoms with Crippen LogP contribution in [0, 0.1) is 0 Å². The topological polar surface area (TPSA) is 119 Å². The van der Waals surface area contributed by atoms with Gasteiger partial charge in [-0.25, -0.2) is 17.9 Å². The molecule has 1 aliphatic rings. The average molecular weight is 390 g/mol. The summed E-state index contributed by atoms with van der Waals surface area (Å²) in [6.07, 6.45) is 2.14. The number of nitrogens with zero attached hydrogens (tertiary/aromatic N) is 3. The lowest BCUT2D eigenvalue weighted by atomic mass is 10.2. The molecule has 27 heavy (non-hydrogen) atoms. The molecule has 1 saturated heterocycles. The molecule has 0 atom stereocenters. The number of nitrogens with one attached hydrogen (secondary N) is 1. The van der Waals surface area contributed by atoms with Crippen molar-refractivity contribution in [2.24, 2.45) is 0 Å². The number of hydrogen-bond donors (Lipinski definition) is 1. The maximum atomic E-state index is 12.5. The van der Waals surface area contributed by atoms with Crippen LogP contribution >= 0.6 is 0 Å². The van der Waals surface area contributed by atoms with Gasteiger partial charge in [-0.2, -0.15) is 0 Å². The number of methoxy groups -OCH3 is 1. The van der Waals surface area contributed by atoms with E-state index in [0.29, 0.717) is 5.82 Å². The Morgan fingerprint density at radius 2 is 1.78 bits per heavy atom. The van der Waals surface area contributed by atoms with Crippen LogP contribution in [-0.2, 0) is 14.8 Å². The first-order chi connectivity index (χ1) is 12.9. The number of amides is 1. The lowest BCUT2D eigenvalue weighted by molar-refractivity contribution is 0.0596. The van der Waals surface area contributed by atoms with Crippen molar-refractivity contribution in [3.05, 3.63) is 47.7 Å². The first-order valence-electron chi connectivity index (χ1n) is 8.25. The molecule has 0 bridgehead atoms. The minimum Gasteiger partial charge on any atom is -0.465 e. The molecule has 0 aliphatic carbocycles. The van der Waals surface area contributed by atoms with Crippen LogP contribution in [0.15, 0.2) is 41.3 Å². The van der Waals surface area contributed by atoms with E-state index in [2.05, 4.69) is 14.9 Å². The van der Waals surface area contributed by atoms with E-state index in [9.17, 15) is 18.0 Å². The largest absolute Gasteiger partial charge is 0.465 e. The van der Waals surface area contributed by atoms with Gasteiger partial charge < -0.3 is 9.64 Å². The zero-order valence-electron chi connectivity index (χ0n) is 14.6. The van der Waals surface area contributed by atoms with Crippen LogP contribution in [0.25, 0.3) is 0 Å². The van der Waals surface area contributed by atoms with E-state index in [1.165, 1.54) is 30.3 Å². The predicted molar refractivity (Wildman–Crippen MR) is 95.9 cm³/mol. The first-order valence-corrected chi connectivity index (χ1v) is 9.74. The smallest absolute Gasteiger partial charge is 0.339 e. The van der Waals surface area contributed by atoms with Gasteiger partial charge in [-0.3, -0.25) is 4.79 Å². The van der Waals surface area contributed by atoms with Gasteiger partial charge in [0.25, 0.3) is 15.9 Å². The minimum atomic E-state index is -4.30. The molecule has 0 saturated carbocycles. The summed E-state index contributed by atoms with van der Waals surface area (Å²) in [5.74, 6) is -1.11. The van der Waals surface area contributed by atoms with Gasteiger partial charge in [0.2, 0.25) is 0 Å². The molecule has 1 aromatic heterocycles. The van der Waals surface area contributed by atoms with Crippen LogP contribution in [0.1, 0.15) is 33.7 Å². The van der Waals surface area contributed by atoms with E-state index >= 15 is 0 Å². The summed E-state index contributed by atoms with van der Waals surface area (Å²) < 4.78 is 31.6. The number of rotatable bonds is 5. The van der Waals surface area contributed by atoms with Crippen molar-refractivity contribution in [3.8, 4) is 0 Å². The minimum absolute atomic E-state index is 0.142. The second-order valence-electron chi connectivity index (χ2n) is 5.89. The van der Waals surface area contributed by atoms with Gasteiger partial charge in [0, 0.05) is 13.1 Å². The average Bonchev–Trinajstić information content (AvgIpc) is 3.22. The Balaban J connectivity index is 1.80. The number of sulfonamides is 1. The zero-order chi connectivity index (χ0) is 19.4. The number of esters is 1. The van der Waals surface area contributed by atoms with Crippen molar-refractivity contribution in [3.63, 3.8) is 0 Å². The molecule has 142 valence electrons. The van der Waals surface area contributed by atoms with Crippen LogP contribution in [0.2, 0.25) is 0 Å². The Morgan fingerprint density at radius 3 is 2.41 bits per heavy atom. The fourth-order valence-electron chi connectivity index (χ4n) is 2.77. The maximum absolute atomic E-state index is 12.5. The molecule has 9 nitrogen and oxygen atoms in total. The molecule has 3 rings (SSSR count). The fraction of sp³-hybridized carbons (Fsp3) is 0.294. The van der Waals surface area contributed by atoms with Crippen LogP contribution in [0.3, 0.4) is 0 Å². The molecular weight excluding hydrogens is 372 g/mol. The van der Waals surface area contributed by atoms with Crippen LogP contribution in [0.4, 0.5) is 5.82 Å². The van der Waals surface area contributed by atoms with Gasteiger partial charge in [0.05, 0.1) is 12.7 Å². The van der Waals surface area contributed by atoms with Crippen LogP contribution < -0.4 is 9.62 Å². The van der Waals surface area contributed by atoms with Crippen molar-refractivity contribution < 1.29 is 22.7 Å². The van der Waals surface area contributed by atoms with Gasteiger partial charge in [0.15, 0.2) is 11.5 Å². The number of aromatic nitrogens is 2. The van der Waals surface area contributed by atoms with Crippen molar-refractivity contribution in [1.82, 2.24) is 14.9 Å². The van der Waals surface area contributed by atoms with Gasteiger partial charge in [-0.1, -0.05) is 12.1 Å². The fourth-order valence-corrected chi connectivity index (χ4v) is 3.93. The van der Waals surface area contributed by atoms with E-state index in [-0.39, 0.29) is 16.2 Å². The highest BCUT2D eigenvalue weighted by Gasteiger charge is 2.26. The highest BCUT2D eigenvalue weighted by molar-refractivity contribution is 7.90. The quantitative estimate of drug-likeness (QED) is 0.751. The van der Waals surface area contributed by atoms with Crippen LogP contribution in [0.5, 0.6) is 0 Å². The summed E-state index contributed by atoms with van der Waals surface area (Å²) in [7, 11) is -3.16. The summed E-state index contributed by atoms with van der Waals surface area (Å²) >= 11 is 0. The van der Waals surface area contributed by atoms with Crippen molar-refractivity contribution in [2.45, 2.75) is 17.7 Å². The Morgan fingerprint density at radius 1 is 1.07 bits per heavy atom. The molecule has 10 heteroatoms. The molecule has 1 aliphatic heterocycles. The molecular formula is C17H18N4O5S. The Kier molecular flexibility index (Phi) is 5.36. The normalized spacial score (nSPS) is 14.0. The first kappa shape index (κ1) is 18.8. The molecule has 2 heterocycles. The summed E-state index contributed by atoms with van der Waals surface area (Å²) in [5, 5.41) is 7.80. The van der Waals surface area contributed by atoms with Gasteiger partial charge in [0.1, 0.15) is 4.90 Å². The molecule has 1 N–H and O–H groups in total. The molecule has 2 aromatic rings. The third kappa shape index (κ3) is 4.05. The molecule has 0 spiro atoms. The van der Waals surface area contributed by atoms with Gasteiger partial charge in [-0.05, 0) is 37.1 Å². The van der Waals surface area contributed by atoms with E-state index in [4.69, 9.17) is 0 Å². The highest BCUT2D eigenvalue weighted by Crippen LogP contribution is 2.18. The van der Waals surface area contributed by atoms with E-state index in [1.807, 2.05) is 9.62 Å². The molecule has 0 radical (unpaired) electrons. The molecule has 1 fully saturated rings. The number of carbonyl (C=O) groups is 2. The molecule has 1 amide bonds. The number of hydrogen-bond acceptors (Lipinski definition) is 8. The number of anilines is 1. The van der Waals surface area contributed by atoms with Crippen LogP contribution in [-0.4, -0.2) is 50.7 Å². The van der Waals surface area contributed by atoms with E-state index in [0.717, 1.165) is 33.0 Å². The zero-order valence-corrected chi connectivity index (χ0v) is 15.4. The monoisotopic (exact) mass is 390 g/mol. The number of carbonyl (C=O) groups excluding carboxylic acids is 2. The summed E-state index contributed by atoms with van der Waals surface area (Å²) in [6.45, 7) is 1.75. The van der Waals surface area contributed by atoms with Crippen molar-refractivity contribution in [1.29, 1.82) is 0 Å². The van der Waals surface area contributed by atoms with E-state index < -0.39 is 21.9 Å². The van der Waals surface area contributed by atoms with Gasteiger partial charge in [-0.15, -0.1) is 10.2 Å². The number of benzene rings is 1. The lowest BCUT2D eigenvalue weighted by Crippen LogP contribution is -2.32. The van der Waals surface area contributed by atoms with Gasteiger partial charge >= 0.3 is 5.97 Å². The highest BCUT2D eigenvalue weighted by atomic mass is 32.2. The third-order valence-corrected chi connectivity index (χ3v) is 5.51. The summed E-state index contributed by atoms with van der Waals surface area (Å²) in [6, 6.07) is 8.49. The summed E-state index contributed by atoms with van der Waals surface area (Å²) in [4.78, 5) is 25.8. The Labute approximate surface area is 156 Å². The summed E-state index contributed by atoms with van der Waals surface area (Å²) in [5.41, 5.74) is -0.312. The lowest BCUT2D eigenvalue weighted by Gasteiger charge is -2.15. The maximum Gasteiger partial charge on any atom is 0.339 e. The molecule has 0 unspecified atom stereocenters. The Hall–Kier alpha value is -3.01. The van der Waals surface area contributed by atoms with E-state index in [1.54, 1.807) is 6.07 Å². The second kappa shape index (κ2) is 7.70. The second-order valence-corrected chi connectivity index (χ2v) is 7.54.